The highest BCUT2D eigenvalue weighted by atomic mass is 16.2. The first kappa shape index (κ1) is 13.0. The van der Waals surface area contributed by atoms with Gasteiger partial charge in [-0.05, 0) is 24.5 Å². The van der Waals surface area contributed by atoms with Gasteiger partial charge < -0.3 is 16.0 Å². The van der Waals surface area contributed by atoms with Gasteiger partial charge in [0.1, 0.15) is 0 Å². The Morgan fingerprint density at radius 2 is 2.05 bits per heavy atom. The van der Waals surface area contributed by atoms with Crippen LogP contribution in [0, 0.1) is 0 Å². The molecule has 3 N–H and O–H groups in total. The van der Waals surface area contributed by atoms with Crippen LogP contribution in [0.1, 0.15) is 30.7 Å². The second-order valence-electron chi connectivity index (χ2n) is 5.40. The minimum absolute atomic E-state index is 0.0576. The summed E-state index contributed by atoms with van der Waals surface area (Å²) in [5, 5.41) is 9.18. The van der Waals surface area contributed by atoms with Crippen molar-refractivity contribution in [2.75, 3.05) is 18.4 Å². The maximum Gasteiger partial charge on any atom is 0.227 e. The Hall–Kier alpha value is -2.04. The molecule has 0 radical (unpaired) electrons. The maximum absolute atomic E-state index is 12.5. The predicted octanol–water partition coefficient (Wildman–Crippen LogP) is 0.981. The normalized spacial score (nSPS) is 25.1. The second-order valence-corrected chi connectivity index (χ2v) is 5.40. The fraction of sp³-hybridized carbons (Fsp3) is 0.467. The summed E-state index contributed by atoms with van der Waals surface area (Å²) in [6.45, 7) is 1.35. The van der Waals surface area contributed by atoms with Gasteiger partial charge in [0.05, 0.1) is 5.92 Å². The summed E-state index contributed by atoms with van der Waals surface area (Å²) in [5.41, 5.74) is 2.12. The summed E-state index contributed by atoms with van der Waals surface area (Å²) < 4.78 is 0. The van der Waals surface area contributed by atoms with Crippen LogP contribution in [-0.4, -0.2) is 30.9 Å². The molecule has 0 bridgehead atoms. The third kappa shape index (κ3) is 2.61. The smallest absolute Gasteiger partial charge is 0.227 e. The number of para-hydroxylation sites is 1. The van der Waals surface area contributed by atoms with E-state index in [2.05, 4.69) is 16.0 Å². The Balaban J connectivity index is 1.67. The SMILES string of the molecule is O=C1CCC(NC(=O)C2CCNc3ccccc32)CN1. The Labute approximate surface area is 118 Å². The van der Waals surface area contributed by atoms with Crippen LogP contribution in [0.3, 0.4) is 0 Å². The summed E-state index contributed by atoms with van der Waals surface area (Å²) >= 11 is 0. The van der Waals surface area contributed by atoms with E-state index in [1.54, 1.807) is 0 Å². The van der Waals surface area contributed by atoms with Crippen LogP contribution >= 0.6 is 0 Å². The molecule has 2 aliphatic rings. The molecule has 1 aromatic rings. The Morgan fingerprint density at radius 3 is 2.85 bits per heavy atom. The number of piperidine rings is 1. The lowest BCUT2D eigenvalue weighted by molar-refractivity contribution is -0.126. The highest BCUT2D eigenvalue weighted by Crippen LogP contribution is 2.31. The van der Waals surface area contributed by atoms with Crippen LogP contribution in [0.2, 0.25) is 0 Å². The number of hydrogen-bond donors (Lipinski definition) is 3. The molecule has 2 unspecified atom stereocenters. The molecule has 20 heavy (non-hydrogen) atoms. The van der Waals surface area contributed by atoms with E-state index >= 15 is 0 Å². The molecule has 106 valence electrons. The van der Waals surface area contributed by atoms with Gasteiger partial charge in [-0.25, -0.2) is 0 Å². The molecule has 5 heteroatoms. The van der Waals surface area contributed by atoms with Gasteiger partial charge in [0.2, 0.25) is 11.8 Å². The fourth-order valence-corrected chi connectivity index (χ4v) is 2.90. The van der Waals surface area contributed by atoms with Gasteiger partial charge >= 0.3 is 0 Å². The van der Waals surface area contributed by atoms with Crippen molar-refractivity contribution < 1.29 is 9.59 Å². The molecule has 0 aromatic heterocycles. The van der Waals surface area contributed by atoms with Gasteiger partial charge in [-0.3, -0.25) is 9.59 Å². The van der Waals surface area contributed by atoms with E-state index in [1.807, 2.05) is 24.3 Å². The first-order valence-corrected chi connectivity index (χ1v) is 7.14. The van der Waals surface area contributed by atoms with E-state index in [-0.39, 0.29) is 23.8 Å². The van der Waals surface area contributed by atoms with E-state index in [0.29, 0.717) is 13.0 Å². The van der Waals surface area contributed by atoms with Crippen molar-refractivity contribution in [3.05, 3.63) is 29.8 Å². The molecule has 3 rings (SSSR count). The fourth-order valence-electron chi connectivity index (χ4n) is 2.90. The number of fused-ring (bicyclic) bond motifs is 1. The van der Waals surface area contributed by atoms with Crippen LogP contribution in [-0.2, 0) is 9.59 Å². The average molecular weight is 273 g/mol. The highest BCUT2D eigenvalue weighted by molar-refractivity contribution is 5.87. The van der Waals surface area contributed by atoms with E-state index in [0.717, 1.165) is 30.6 Å². The lowest BCUT2D eigenvalue weighted by Gasteiger charge is -2.29. The first-order valence-electron chi connectivity index (χ1n) is 7.14. The quantitative estimate of drug-likeness (QED) is 0.752. The average Bonchev–Trinajstić information content (AvgIpc) is 2.49. The van der Waals surface area contributed by atoms with Crippen LogP contribution in [0.15, 0.2) is 24.3 Å². The molecule has 2 amide bonds. The molecule has 1 saturated heterocycles. The molecular formula is C15H19N3O2. The topological polar surface area (TPSA) is 70.2 Å². The van der Waals surface area contributed by atoms with Crippen LogP contribution in [0.5, 0.6) is 0 Å². The number of benzene rings is 1. The molecule has 0 spiro atoms. The standard InChI is InChI=1S/C15H19N3O2/c19-14-6-5-10(9-17-14)18-15(20)12-7-8-16-13-4-2-1-3-11(12)13/h1-4,10,12,16H,5-9H2,(H,17,19)(H,18,20). The Kier molecular flexibility index (Phi) is 3.58. The van der Waals surface area contributed by atoms with Crippen molar-refractivity contribution in [3.8, 4) is 0 Å². The van der Waals surface area contributed by atoms with Gasteiger partial charge in [0, 0.05) is 31.2 Å². The van der Waals surface area contributed by atoms with Gasteiger partial charge in [-0.2, -0.15) is 0 Å². The summed E-state index contributed by atoms with van der Waals surface area (Å²) in [6.07, 6.45) is 2.03. The number of hydrogen-bond acceptors (Lipinski definition) is 3. The molecule has 0 saturated carbocycles. The van der Waals surface area contributed by atoms with Crippen molar-refractivity contribution in [2.45, 2.75) is 31.2 Å². The largest absolute Gasteiger partial charge is 0.385 e. The van der Waals surface area contributed by atoms with Crippen LogP contribution in [0.25, 0.3) is 0 Å². The van der Waals surface area contributed by atoms with Gasteiger partial charge in [0.25, 0.3) is 0 Å². The molecule has 5 nitrogen and oxygen atoms in total. The summed E-state index contributed by atoms with van der Waals surface area (Å²) in [7, 11) is 0. The van der Waals surface area contributed by atoms with E-state index in [9.17, 15) is 9.59 Å². The minimum atomic E-state index is -0.0925. The zero-order chi connectivity index (χ0) is 13.9. The number of carbonyl (C=O) groups is 2. The minimum Gasteiger partial charge on any atom is -0.385 e. The Morgan fingerprint density at radius 1 is 1.20 bits per heavy atom. The molecule has 2 atom stereocenters. The number of anilines is 1. The molecule has 1 fully saturated rings. The molecule has 0 aliphatic carbocycles. The maximum atomic E-state index is 12.5. The molecular weight excluding hydrogens is 254 g/mol. The lowest BCUT2D eigenvalue weighted by Crippen LogP contribution is -2.49. The highest BCUT2D eigenvalue weighted by Gasteiger charge is 2.28. The third-order valence-corrected chi connectivity index (χ3v) is 4.01. The van der Waals surface area contributed by atoms with Crippen LogP contribution < -0.4 is 16.0 Å². The molecule has 2 heterocycles. The number of carbonyl (C=O) groups excluding carboxylic acids is 2. The molecule has 2 aliphatic heterocycles. The predicted molar refractivity (Wildman–Crippen MR) is 76.5 cm³/mol. The van der Waals surface area contributed by atoms with Crippen molar-refractivity contribution in [2.24, 2.45) is 0 Å². The molecule has 1 aromatic carbocycles. The summed E-state index contributed by atoms with van der Waals surface area (Å²) in [5.74, 6) is 0.0490. The number of nitrogens with one attached hydrogen (secondary N) is 3. The first-order chi connectivity index (χ1) is 9.74. The van der Waals surface area contributed by atoms with Crippen molar-refractivity contribution in [3.63, 3.8) is 0 Å². The number of amides is 2. The van der Waals surface area contributed by atoms with Crippen molar-refractivity contribution in [1.82, 2.24) is 10.6 Å². The van der Waals surface area contributed by atoms with Gasteiger partial charge in [0.15, 0.2) is 0 Å². The van der Waals surface area contributed by atoms with Crippen molar-refractivity contribution in [1.29, 1.82) is 0 Å². The van der Waals surface area contributed by atoms with E-state index in [1.165, 1.54) is 0 Å². The van der Waals surface area contributed by atoms with Gasteiger partial charge in [-0.15, -0.1) is 0 Å². The summed E-state index contributed by atoms with van der Waals surface area (Å²) in [6, 6.07) is 8.02. The zero-order valence-corrected chi connectivity index (χ0v) is 11.3. The van der Waals surface area contributed by atoms with Gasteiger partial charge in [-0.1, -0.05) is 18.2 Å². The number of rotatable bonds is 2. The van der Waals surface area contributed by atoms with Crippen LogP contribution in [0.4, 0.5) is 5.69 Å². The van der Waals surface area contributed by atoms with Crippen molar-refractivity contribution >= 4 is 17.5 Å². The van der Waals surface area contributed by atoms with E-state index < -0.39 is 0 Å². The van der Waals surface area contributed by atoms with E-state index in [4.69, 9.17) is 0 Å². The monoisotopic (exact) mass is 273 g/mol. The summed E-state index contributed by atoms with van der Waals surface area (Å²) in [4.78, 5) is 23.6. The third-order valence-electron chi connectivity index (χ3n) is 4.01. The second kappa shape index (κ2) is 5.53. The Bertz CT molecular complexity index is 520. The lowest BCUT2D eigenvalue weighted by atomic mass is 9.90. The zero-order valence-electron chi connectivity index (χ0n) is 11.3.